The van der Waals surface area contributed by atoms with E-state index in [2.05, 4.69) is 15.1 Å². The molecule has 126 valence electrons. The van der Waals surface area contributed by atoms with E-state index in [0.29, 0.717) is 16.7 Å². The van der Waals surface area contributed by atoms with Gasteiger partial charge in [-0.15, -0.1) is 0 Å². The lowest BCUT2D eigenvalue weighted by Gasteiger charge is -2.36. The first-order valence-corrected chi connectivity index (χ1v) is 8.68. The van der Waals surface area contributed by atoms with Crippen molar-refractivity contribution < 1.29 is 4.39 Å². The topological polar surface area (TPSA) is 18.5 Å². The summed E-state index contributed by atoms with van der Waals surface area (Å²) in [4.78, 5) is 4.39. The highest BCUT2D eigenvalue weighted by Crippen LogP contribution is 2.15. The van der Waals surface area contributed by atoms with E-state index in [9.17, 15) is 4.39 Å². The predicted molar refractivity (Wildman–Crippen MR) is 101 cm³/mol. The molecule has 3 rings (SSSR count). The van der Waals surface area contributed by atoms with Gasteiger partial charge in [0, 0.05) is 49.0 Å². The summed E-state index contributed by atoms with van der Waals surface area (Å²) < 4.78 is 13.7. The smallest absolute Gasteiger partial charge is 0.173 e. The first kappa shape index (κ1) is 17.1. The Labute approximate surface area is 152 Å². The zero-order valence-electron chi connectivity index (χ0n) is 13.2. The molecule has 2 aromatic carbocycles. The first-order valence-electron chi connectivity index (χ1n) is 7.89. The molecule has 1 saturated heterocycles. The molecule has 3 nitrogen and oxygen atoms in total. The van der Waals surface area contributed by atoms with Gasteiger partial charge in [-0.05, 0) is 42.5 Å². The lowest BCUT2D eigenvalue weighted by molar-refractivity contribution is 0.175. The molecule has 0 saturated carbocycles. The maximum Gasteiger partial charge on any atom is 0.173 e. The summed E-state index contributed by atoms with van der Waals surface area (Å²) in [6.07, 6.45) is 0. The van der Waals surface area contributed by atoms with Crippen molar-refractivity contribution >= 4 is 34.6 Å². The van der Waals surface area contributed by atoms with E-state index >= 15 is 0 Å². The molecular weight excluding hydrogens is 345 g/mol. The fourth-order valence-corrected chi connectivity index (χ4v) is 3.14. The Balaban J connectivity index is 1.50. The molecule has 24 heavy (non-hydrogen) atoms. The Hall–Kier alpha value is -1.69. The van der Waals surface area contributed by atoms with Crippen LogP contribution in [-0.4, -0.2) is 41.1 Å². The normalized spacial score (nSPS) is 15.3. The van der Waals surface area contributed by atoms with Crippen LogP contribution in [0, 0.1) is 5.82 Å². The molecule has 0 bridgehead atoms. The van der Waals surface area contributed by atoms with Crippen LogP contribution in [0.3, 0.4) is 0 Å². The van der Waals surface area contributed by atoms with Gasteiger partial charge < -0.3 is 10.2 Å². The van der Waals surface area contributed by atoms with Crippen LogP contribution in [0.5, 0.6) is 0 Å². The lowest BCUT2D eigenvalue weighted by Crippen LogP contribution is -2.49. The summed E-state index contributed by atoms with van der Waals surface area (Å²) in [7, 11) is 0. The number of piperazine rings is 1. The van der Waals surface area contributed by atoms with Crippen LogP contribution in [0.15, 0.2) is 48.5 Å². The number of thiocarbonyl (C=S) groups is 1. The van der Waals surface area contributed by atoms with Gasteiger partial charge in [0.25, 0.3) is 0 Å². The van der Waals surface area contributed by atoms with Crippen molar-refractivity contribution in [2.45, 2.75) is 6.54 Å². The van der Waals surface area contributed by atoms with E-state index in [4.69, 9.17) is 23.8 Å². The van der Waals surface area contributed by atoms with E-state index in [1.54, 1.807) is 6.07 Å². The van der Waals surface area contributed by atoms with Crippen molar-refractivity contribution in [1.29, 1.82) is 0 Å². The Morgan fingerprint density at radius 3 is 2.38 bits per heavy atom. The second kappa shape index (κ2) is 7.92. The largest absolute Gasteiger partial charge is 0.346 e. The number of hydrogen-bond acceptors (Lipinski definition) is 2. The minimum atomic E-state index is -0.139. The number of halogens is 2. The minimum Gasteiger partial charge on any atom is -0.346 e. The molecule has 0 amide bonds. The standard InChI is InChI=1S/C18H19ClFN3S/c19-15-5-7-16(8-6-15)21-18(24)23-11-9-22(10-12-23)13-14-3-1-2-4-17(14)20/h1-8H,9-13H2,(H,21,24). The van der Waals surface area contributed by atoms with Gasteiger partial charge in [0.15, 0.2) is 5.11 Å². The SMILES string of the molecule is Fc1ccccc1CN1CCN(C(=S)Nc2ccc(Cl)cc2)CC1. The van der Waals surface area contributed by atoms with Crippen molar-refractivity contribution in [1.82, 2.24) is 9.80 Å². The number of anilines is 1. The highest BCUT2D eigenvalue weighted by atomic mass is 35.5. The van der Waals surface area contributed by atoms with Gasteiger partial charge in [-0.1, -0.05) is 29.8 Å². The van der Waals surface area contributed by atoms with Gasteiger partial charge in [0.1, 0.15) is 5.82 Å². The van der Waals surface area contributed by atoms with E-state index in [-0.39, 0.29) is 5.82 Å². The number of nitrogens with one attached hydrogen (secondary N) is 1. The molecule has 0 spiro atoms. The van der Waals surface area contributed by atoms with Crippen LogP contribution in [0.2, 0.25) is 5.02 Å². The third kappa shape index (κ3) is 4.44. The molecule has 0 unspecified atom stereocenters. The summed E-state index contributed by atoms with van der Waals surface area (Å²) in [6.45, 7) is 4.01. The van der Waals surface area contributed by atoms with Crippen LogP contribution >= 0.6 is 23.8 Å². The second-order valence-corrected chi connectivity index (χ2v) is 6.61. The van der Waals surface area contributed by atoms with Gasteiger partial charge in [0.05, 0.1) is 0 Å². The van der Waals surface area contributed by atoms with Gasteiger partial charge in [0.2, 0.25) is 0 Å². The number of hydrogen-bond donors (Lipinski definition) is 1. The maximum absolute atomic E-state index is 13.7. The van der Waals surface area contributed by atoms with Crippen LogP contribution in [0.4, 0.5) is 10.1 Å². The minimum absolute atomic E-state index is 0.139. The van der Waals surface area contributed by atoms with Crippen LogP contribution < -0.4 is 5.32 Å². The summed E-state index contributed by atoms with van der Waals surface area (Å²) in [5.41, 5.74) is 1.67. The molecule has 1 fully saturated rings. The van der Waals surface area contributed by atoms with Crippen LogP contribution in [-0.2, 0) is 6.54 Å². The monoisotopic (exact) mass is 363 g/mol. The maximum atomic E-state index is 13.7. The van der Waals surface area contributed by atoms with Crippen molar-refractivity contribution in [2.24, 2.45) is 0 Å². The fraction of sp³-hybridized carbons (Fsp3) is 0.278. The van der Waals surface area contributed by atoms with Crippen molar-refractivity contribution in [3.8, 4) is 0 Å². The van der Waals surface area contributed by atoms with Crippen molar-refractivity contribution in [2.75, 3.05) is 31.5 Å². The third-order valence-electron chi connectivity index (χ3n) is 4.11. The molecule has 0 atom stereocenters. The first-order chi connectivity index (χ1) is 11.6. The highest BCUT2D eigenvalue weighted by molar-refractivity contribution is 7.80. The number of rotatable bonds is 3. The average molecular weight is 364 g/mol. The van der Waals surface area contributed by atoms with Gasteiger partial charge >= 0.3 is 0 Å². The third-order valence-corrected chi connectivity index (χ3v) is 4.72. The van der Waals surface area contributed by atoms with Gasteiger partial charge in [-0.25, -0.2) is 4.39 Å². The molecular formula is C18H19ClFN3S. The molecule has 6 heteroatoms. The van der Waals surface area contributed by atoms with Gasteiger partial charge in [-0.2, -0.15) is 0 Å². The van der Waals surface area contributed by atoms with E-state index < -0.39 is 0 Å². The Kier molecular flexibility index (Phi) is 5.66. The number of nitrogens with zero attached hydrogens (tertiary/aromatic N) is 2. The molecule has 1 aliphatic rings. The summed E-state index contributed by atoms with van der Waals surface area (Å²) in [5.74, 6) is -0.139. The predicted octanol–water partition coefficient (Wildman–Crippen LogP) is 3.99. The van der Waals surface area contributed by atoms with Crippen molar-refractivity contribution in [3.63, 3.8) is 0 Å². The molecule has 0 aromatic heterocycles. The van der Waals surface area contributed by atoms with E-state index in [0.717, 1.165) is 37.4 Å². The Bertz CT molecular complexity index is 700. The molecule has 1 heterocycles. The molecule has 1 aliphatic heterocycles. The molecule has 0 radical (unpaired) electrons. The number of benzene rings is 2. The molecule has 1 N–H and O–H groups in total. The zero-order valence-corrected chi connectivity index (χ0v) is 14.8. The fourth-order valence-electron chi connectivity index (χ4n) is 2.71. The lowest BCUT2D eigenvalue weighted by atomic mass is 10.2. The Morgan fingerprint density at radius 2 is 1.71 bits per heavy atom. The second-order valence-electron chi connectivity index (χ2n) is 5.79. The van der Waals surface area contributed by atoms with E-state index in [1.165, 1.54) is 6.07 Å². The van der Waals surface area contributed by atoms with Crippen molar-refractivity contribution in [3.05, 3.63) is 64.9 Å². The highest BCUT2D eigenvalue weighted by Gasteiger charge is 2.19. The van der Waals surface area contributed by atoms with E-state index in [1.807, 2.05) is 36.4 Å². The zero-order chi connectivity index (χ0) is 16.9. The summed E-state index contributed by atoms with van der Waals surface area (Å²) >= 11 is 11.4. The molecule has 2 aromatic rings. The van der Waals surface area contributed by atoms with Crippen LogP contribution in [0.1, 0.15) is 5.56 Å². The van der Waals surface area contributed by atoms with Crippen LogP contribution in [0.25, 0.3) is 0 Å². The summed E-state index contributed by atoms with van der Waals surface area (Å²) in [5, 5.41) is 4.65. The summed E-state index contributed by atoms with van der Waals surface area (Å²) in [6, 6.07) is 14.4. The quantitative estimate of drug-likeness (QED) is 0.830. The van der Waals surface area contributed by atoms with Gasteiger partial charge in [-0.3, -0.25) is 4.90 Å². The molecule has 0 aliphatic carbocycles. The Morgan fingerprint density at radius 1 is 1.04 bits per heavy atom. The average Bonchev–Trinajstić information content (AvgIpc) is 2.59.